The van der Waals surface area contributed by atoms with Crippen LogP contribution in [0.1, 0.15) is 61.3 Å². The topological polar surface area (TPSA) is 136 Å². The highest BCUT2D eigenvalue weighted by atomic mass is 19.4. The number of aromatic nitrogens is 3. The van der Waals surface area contributed by atoms with Gasteiger partial charge in [-0.2, -0.15) is 26.3 Å². The molecular weight excluding hydrogens is 756 g/mol. The van der Waals surface area contributed by atoms with Gasteiger partial charge in [0.05, 0.1) is 39.6 Å². The summed E-state index contributed by atoms with van der Waals surface area (Å²) in [4.78, 5) is 56.4. The summed E-state index contributed by atoms with van der Waals surface area (Å²) < 4.78 is 85.5. The number of anilines is 1. The number of hydrogen-bond donors (Lipinski definition) is 3. The summed E-state index contributed by atoms with van der Waals surface area (Å²) in [6, 6.07) is 7.40. The number of halogens is 6. The number of carbonyl (C=O) groups is 2. The maximum Gasteiger partial charge on any atom is 0.418 e. The number of hydrogen-bond acceptors (Lipinski definition) is 7. The van der Waals surface area contributed by atoms with E-state index in [4.69, 9.17) is 5.73 Å². The Kier molecular flexibility index (Phi) is 10.1. The first-order valence-electron chi connectivity index (χ1n) is 19.4. The van der Waals surface area contributed by atoms with Gasteiger partial charge >= 0.3 is 24.1 Å². The van der Waals surface area contributed by atoms with Crippen LogP contribution in [0.4, 0.5) is 36.8 Å². The fraction of sp³-hybridized carbons (Fsp3) is 0.538. The van der Waals surface area contributed by atoms with Crippen molar-refractivity contribution in [2.75, 3.05) is 52.0 Å². The second kappa shape index (κ2) is 14.8. The molecule has 4 fully saturated rings. The number of piperidine rings is 2. The van der Waals surface area contributed by atoms with E-state index in [1.165, 1.54) is 9.80 Å². The zero-order valence-corrected chi connectivity index (χ0v) is 31.4. The molecule has 0 radical (unpaired) electrons. The molecule has 18 heteroatoms. The minimum atomic E-state index is -5.20. The number of urea groups is 1. The fourth-order valence-electron chi connectivity index (χ4n) is 9.60. The Bertz CT molecular complexity index is 2170. The van der Waals surface area contributed by atoms with Crippen molar-refractivity contribution >= 4 is 39.6 Å². The molecule has 3 amide bonds. The number of nitrogens with two attached hydrogens (primary N) is 1. The van der Waals surface area contributed by atoms with Crippen molar-refractivity contribution in [2.24, 2.45) is 0 Å². The van der Waals surface area contributed by atoms with Crippen molar-refractivity contribution in [3.63, 3.8) is 0 Å². The van der Waals surface area contributed by atoms with Gasteiger partial charge in [0.15, 0.2) is 0 Å². The third kappa shape index (κ3) is 7.53. The maximum atomic E-state index is 14.2. The lowest BCUT2D eigenvalue weighted by Gasteiger charge is -2.45. The molecular formula is C39H45F6N9O3. The number of imidazole rings is 1. The number of para-hydroxylation sites is 1. The van der Waals surface area contributed by atoms with Crippen LogP contribution in [0.15, 0.2) is 47.4 Å². The molecule has 6 heterocycles. The van der Waals surface area contributed by atoms with Gasteiger partial charge in [0, 0.05) is 75.2 Å². The van der Waals surface area contributed by atoms with Crippen molar-refractivity contribution in [1.29, 1.82) is 0 Å². The van der Waals surface area contributed by atoms with Crippen LogP contribution < -0.4 is 16.7 Å². The summed E-state index contributed by atoms with van der Waals surface area (Å²) in [6.07, 6.45) is -4.29. The molecule has 4 saturated heterocycles. The van der Waals surface area contributed by atoms with Gasteiger partial charge in [-0.1, -0.05) is 18.2 Å². The van der Waals surface area contributed by atoms with Crippen LogP contribution in [0.3, 0.4) is 0 Å². The molecule has 4 N–H and O–H groups in total. The quantitative estimate of drug-likeness (QED) is 0.180. The summed E-state index contributed by atoms with van der Waals surface area (Å²) >= 11 is 0. The number of carbonyl (C=O) groups excluding carboxylic acids is 2. The number of benzene rings is 2. The molecule has 4 aromatic rings. The molecule has 306 valence electrons. The van der Waals surface area contributed by atoms with Gasteiger partial charge in [0.25, 0.3) is 0 Å². The zero-order chi connectivity index (χ0) is 40.4. The first kappa shape index (κ1) is 39.0. The summed E-state index contributed by atoms with van der Waals surface area (Å²) in [5, 5.41) is 3.46. The van der Waals surface area contributed by atoms with Crippen LogP contribution in [-0.4, -0.2) is 117 Å². The smallest absolute Gasteiger partial charge is 0.398 e. The Morgan fingerprint density at radius 3 is 2.09 bits per heavy atom. The predicted octanol–water partition coefficient (Wildman–Crippen LogP) is 5.22. The molecule has 4 aliphatic heterocycles. The lowest BCUT2D eigenvalue weighted by atomic mass is 9.95. The molecule has 2 aromatic carbocycles. The Hall–Kier alpha value is -4.84. The van der Waals surface area contributed by atoms with E-state index in [0.717, 1.165) is 36.6 Å². The molecule has 2 unspecified atom stereocenters. The number of fused-ring (bicyclic) bond motifs is 5. The maximum absolute atomic E-state index is 14.2. The largest absolute Gasteiger partial charge is 0.418 e. The average Bonchev–Trinajstić information content (AvgIpc) is 3.60. The highest BCUT2D eigenvalue weighted by Crippen LogP contribution is 2.42. The number of rotatable bonds is 6. The molecule has 57 heavy (non-hydrogen) atoms. The van der Waals surface area contributed by atoms with Crippen LogP contribution in [0.25, 0.3) is 21.9 Å². The van der Waals surface area contributed by atoms with Crippen molar-refractivity contribution in [3.05, 3.63) is 69.8 Å². The van der Waals surface area contributed by atoms with E-state index in [0.29, 0.717) is 80.3 Å². The molecule has 2 bridgehead atoms. The van der Waals surface area contributed by atoms with Crippen molar-refractivity contribution in [2.45, 2.75) is 87.5 Å². The lowest BCUT2D eigenvalue weighted by molar-refractivity contribution is -0.141. The van der Waals surface area contributed by atoms with E-state index in [1.807, 2.05) is 24.3 Å². The number of amides is 3. The number of nitrogen functional groups attached to an aromatic ring is 1. The molecule has 0 spiro atoms. The summed E-state index contributed by atoms with van der Waals surface area (Å²) in [5.74, 6) is -0.592. The molecule has 0 saturated carbocycles. The molecule has 12 nitrogen and oxygen atoms in total. The van der Waals surface area contributed by atoms with Gasteiger partial charge < -0.3 is 30.7 Å². The number of H-pyrrole nitrogens is 1. The predicted molar refractivity (Wildman–Crippen MR) is 200 cm³/mol. The Morgan fingerprint density at radius 2 is 1.47 bits per heavy atom. The van der Waals surface area contributed by atoms with Gasteiger partial charge in [0.1, 0.15) is 6.04 Å². The summed E-state index contributed by atoms with van der Waals surface area (Å²) in [6.45, 7) is 2.06. The average molecular weight is 802 g/mol. The van der Waals surface area contributed by atoms with Gasteiger partial charge in [-0.05, 0) is 69.3 Å². The second-order valence-electron chi connectivity index (χ2n) is 15.9. The van der Waals surface area contributed by atoms with Crippen molar-refractivity contribution in [1.82, 2.24) is 39.5 Å². The van der Waals surface area contributed by atoms with E-state index < -0.39 is 59.1 Å². The van der Waals surface area contributed by atoms with E-state index in [-0.39, 0.29) is 24.8 Å². The molecule has 2 aromatic heterocycles. The van der Waals surface area contributed by atoms with E-state index in [9.17, 15) is 40.7 Å². The van der Waals surface area contributed by atoms with Crippen LogP contribution >= 0.6 is 0 Å². The third-order valence-corrected chi connectivity index (χ3v) is 12.7. The minimum Gasteiger partial charge on any atom is -0.398 e. The summed E-state index contributed by atoms with van der Waals surface area (Å²) in [5.41, 5.74) is 1.85. The van der Waals surface area contributed by atoms with Crippen LogP contribution in [0.5, 0.6) is 0 Å². The van der Waals surface area contributed by atoms with E-state index in [1.54, 1.807) is 10.8 Å². The number of likely N-dealkylation sites (tertiary alicyclic amines) is 1. The molecule has 0 aliphatic carbocycles. The minimum absolute atomic E-state index is 0.174. The molecule has 4 aliphatic rings. The number of alkyl halides is 6. The first-order valence-corrected chi connectivity index (χ1v) is 19.4. The highest BCUT2D eigenvalue weighted by Gasteiger charge is 2.43. The standard InChI is InChI=1S/C39H45F6N9O3/c1-50-24-6-7-25(50)20-26(19-24)51-12-14-52(15-13-51)35(55)31(18-22-16-28(38(40,41)42)33(46)29(17-22)39(43,44)45)48-36(56)53-10-8-23(9-11-53)54-32-21-47-30-5-3-2-4-27(30)34(32)49-37(54)57/h2-5,16-17,21,23-26,31H,6-15,18-20,46H2,1H3,(H,48,56)(H,49,57)/t24?,25?,26?,31-/m1/s1. The lowest BCUT2D eigenvalue weighted by Crippen LogP contribution is -2.59. The van der Waals surface area contributed by atoms with Crippen LogP contribution in [-0.2, 0) is 23.6 Å². The monoisotopic (exact) mass is 801 g/mol. The van der Waals surface area contributed by atoms with Gasteiger partial charge in [-0.15, -0.1) is 0 Å². The Balaban J connectivity index is 1.00. The molecule has 3 atom stereocenters. The Labute approximate surface area is 323 Å². The van der Waals surface area contributed by atoms with Crippen LogP contribution in [0, 0.1) is 0 Å². The first-order chi connectivity index (χ1) is 27.1. The number of pyridine rings is 1. The van der Waals surface area contributed by atoms with Crippen molar-refractivity contribution < 1.29 is 35.9 Å². The molecule has 8 rings (SSSR count). The van der Waals surface area contributed by atoms with Gasteiger partial charge in [-0.3, -0.25) is 19.2 Å². The second-order valence-corrected chi connectivity index (χ2v) is 15.9. The number of aromatic amines is 1. The highest BCUT2D eigenvalue weighted by molar-refractivity contribution is 6.01. The number of nitrogens with one attached hydrogen (secondary N) is 2. The van der Waals surface area contributed by atoms with Crippen LogP contribution in [0.2, 0.25) is 0 Å². The summed E-state index contributed by atoms with van der Waals surface area (Å²) in [7, 11) is 2.16. The van der Waals surface area contributed by atoms with Gasteiger partial charge in [-0.25, -0.2) is 9.59 Å². The Morgan fingerprint density at radius 1 is 0.860 bits per heavy atom. The van der Waals surface area contributed by atoms with E-state index >= 15 is 0 Å². The zero-order valence-electron chi connectivity index (χ0n) is 31.4. The fourth-order valence-corrected chi connectivity index (χ4v) is 9.60. The van der Waals surface area contributed by atoms with E-state index in [2.05, 4.69) is 32.1 Å². The van der Waals surface area contributed by atoms with Crippen molar-refractivity contribution in [3.8, 4) is 0 Å². The normalized spacial score (nSPS) is 23.4. The van der Waals surface area contributed by atoms with Gasteiger partial charge in [0.2, 0.25) is 5.91 Å². The number of nitrogens with zero attached hydrogens (tertiary/aromatic N) is 6. The third-order valence-electron chi connectivity index (χ3n) is 12.7. The SMILES string of the molecule is CN1C2CCC1CC(N1CCN(C(=O)[C@@H](Cc3cc(C(F)(F)F)c(N)c(C(F)(F)F)c3)NC(=O)N3CCC(n4c(=O)[nH]c5c6ccccc6ncc54)CC3)CC1)C2. The number of piperazine rings is 1.